The largest absolute Gasteiger partial charge is 0.326 e. The van der Waals surface area contributed by atoms with Gasteiger partial charge in [-0.05, 0) is 37.1 Å². The quantitative estimate of drug-likeness (QED) is 0.873. The number of rotatable bonds is 5. The highest BCUT2D eigenvalue weighted by molar-refractivity contribution is 5.96. The second-order valence-corrected chi connectivity index (χ2v) is 7.31. The molecule has 0 spiro atoms. The van der Waals surface area contributed by atoms with Crippen molar-refractivity contribution in [3.8, 4) is 0 Å². The van der Waals surface area contributed by atoms with Gasteiger partial charge in [-0.1, -0.05) is 26.8 Å². The van der Waals surface area contributed by atoms with Crippen molar-refractivity contribution in [1.29, 1.82) is 0 Å². The van der Waals surface area contributed by atoms with Crippen LogP contribution in [0.2, 0.25) is 0 Å². The number of aryl methyl sites for hydroxylation is 3. The fourth-order valence-corrected chi connectivity index (χ4v) is 2.17. The molecule has 2 rings (SSSR count). The molecule has 0 saturated heterocycles. The maximum absolute atomic E-state index is 12.2. The van der Waals surface area contributed by atoms with Crippen LogP contribution >= 0.6 is 0 Å². The van der Waals surface area contributed by atoms with E-state index < -0.39 is 5.41 Å². The zero-order chi connectivity index (χ0) is 18.6. The number of carbonyl (C=O) groups is 2. The van der Waals surface area contributed by atoms with Gasteiger partial charge >= 0.3 is 0 Å². The van der Waals surface area contributed by atoms with Crippen molar-refractivity contribution in [3.63, 3.8) is 0 Å². The van der Waals surface area contributed by atoms with Gasteiger partial charge in [-0.15, -0.1) is 0 Å². The minimum Gasteiger partial charge on any atom is -0.326 e. The van der Waals surface area contributed by atoms with E-state index in [0.717, 1.165) is 11.1 Å². The number of hydrogen-bond acceptors (Lipinski definition) is 3. The number of aromatic nitrogens is 2. The molecular formula is C19H26N4O2. The third-order valence-electron chi connectivity index (χ3n) is 3.78. The Morgan fingerprint density at radius 1 is 1.16 bits per heavy atom. The first-order valence-corrected chi connectivity index (χ1v) is 8.36. The van der Waals surface area contributed by atoms with Gasteiger partial charge in [-0.25, -0.2) is 0 Å². The molecule has 0 aliphatic heterocycles. The molecule has 0 aliphatic rings. The zero-order valence-corrected chi connectivity index (χ0v) is 15.5. The van der Waals surface area contributed by atoms with Crippen molar-refractivity contribution < 1.29 is 9.59 Å². The Balaban J connectivity index is 1.99. The molecule has 1 aromatic heterocycles. The second-order valence-electron chi connectivity index (χ2n) is 7.31. The first kappa shape index (κ1) is 18.7. The van der Waals surface area contributed by atoms with E-state index in [2.05, 4.69) is 15.7 Å². The van der Waals surface area contributed by atoms with Crippen molar-refractivity contribution in [3.05, 3.63) is 41.7 Å². The van der Waals surface area contributed by atoms with Crippen LogP contribution in [0.3, 0.4) is 0 Å². The Bertz CT molecular complexity index is 772. The molecule has 2 N–H and O–H groups in total. The summed E-state index contributed by atoms with van der Waals surface area (Å²) in [5.41, 5.74) is 2.91. The fraction of sp³-hybridized carbons (Fsp3) is 0.421. The maximum Gasteiger partial charge on any atom is 0.229 e. The molecule has 25 heavy (non-hydrogen) atoms. The van der Waals surface area contributed by atoms with Crippen LogP contribution in [0.25, 0.3) is 0 Å². The number of nitrogens with one attached hydrogen (secondary N) is 2. The van der Waals surface area contributed by atoms with Gasteiger partial charge in [0.15, 0.2) is 0 Å². The molecule has 0 unspecified atom stereocenters. The van der Waals surface area contributed by atoms with Crippen LogP contribution in [0.1, 0.15) is 38.3 Å². The highest BCUT2D eigenvalue weighted by Gasteiger charge is 2.21. The lowest BCUT2D eigenvalue weighted by atomic mass is 9.95. The molecule has 0 atom stereocenters. The normalized spacial score (nSPS) is 11.2. The number of carbonyl (C=O) groups excluding carboxylic acids is 2. The van der Waals surface area contributed by atoms with Gasteiger partial charge in [0.2, 0.25) is 11.8 Å². The third-order valence-corrected chi connectivity index (χ3v) is 3.78. The summed E-state index contributed by atoms with van der Waals surface area (Å²) in [6.45, 7) is 9.98. The van der Waals surface area contributed by atoms with E-state index in [1.165, 1.54) is 0 Å². The summed E-state index contributed by atoms with van der Waals surface area (Å²) < 4.78 is 1.75. The molecule has 6 heteroatoms. The van der Waals surface area contributed by atoms with Gasteiger partial charge in [0, 0.05) is 36.0 Å². The number of hydrogen-bond donors (Lipinski definition) is 2. The van der Waals surface area contributed by atoms with Gasteiger partial charge < -0.3 is 10.6 Å². The molecule has 2 aromatic rings. The number of benzene rings is 1. The molecule has 0 aliphatic carbocycles. The van der Waals surface area contributed by atoms with E-state index >= 15 is 0 Å². The van der Waals surface area contributed by atoms with E-state index in [1.54, 1.807) is 16.9 Å². The summed E-state index contributed by atoms with van der Waals surface area (Å²) >= 11 is 0. The number of amides is 2. The van der Waals surface area contributed by atoms with E-state index in [9.17, 15) is 9.59 Å². The average Bonchev–Trinajstić information content (AvgIpc) is 2.93. The minimum absolute atomic E-state index is 0.0670. The fourth-order valence-electron chi connectivity index (χ4n) is 2.17. The molecule has 1 aromatic carbocycles. The maximum atomic E-state index is 12.2. The predicted octanol–water partition coefficient (Wildman–Crippen LogP) is 3.51. The van der Waals surface area contributed by atoms with Crippen molar-refractivity contribution >= 4 is 23.2 Å². The number of nitrogens with zero attached hydrogens (tertiary/aromatic N) is 2. The van der Waals surface area contributed by atoms with Crippen LogP contribution in [0.15, 0.2) is 30.6 Å². The topological polar surface area (TPSA) is 76.0 Å². The lowest BCUT2D eigenvalue weighted by Crippen LogP contribution is -2.27. The molecular weight excluding hydrogens is 316 g/mol. The van der Waals surface area contributed by atoms with Crippen LogP contribution in [0, 0.1) is 19.3 Å². The second kappa shape index (κ2) is 7.51. The Hall–Kier alpha value is -2.63. The lowest BCUT2D eigenvalue weighted by molar-refractivity contribution is -0.123. The molecule has 0 radical (unpaired) electrons. The molecule has 134 valence electrons. The summed E-state index contributed by atoms with van der Waals surface area (Å²) in [5, 5.41) is 9.96. The van der Waals surface area contributed by atoms with Crippen LogP contribution in [0.4, 0.5) is 11.4 Å². The van der Waals surface area contributed by atoms with Crippen LogP contribution in [0.5, 0.6) is 0 Å². The van der Waals surface area contributed by atoms with Gasteiger partial charge in [0.25, 0.3) is 0 Å². The Morgan fingerprint density at radius 3 is 2.48 bits per heavy atom. The van der Waals surface area contributed by atoms with Gasteiger partial charge in [-0.3, -0.25) is 14.3 Å². The third kappa shape index (κ3) is 5.45. The van der Waals surface area contributed by atoms with Crippen molar-refractivity contribution in [2.75, 3.05) is 10.6 Å². The summed E-state index contributed by atoms with van der Waals surface area (Å²) in [6, 6.07) is 5.50. The molecule has 0 bridgehead atoms. The summed E-state index contributed by atoms with van der Waals surface area (Å²) in [6.07, 6.45) is 4.00. The van der Waals surface area contributed by atoms with E-state index in [4.69, 9.17) is 0 Å². The van der Waals surface area contributed by atoms with E-state index in [-0.39, 0.29) is 11.8 Å². The SMILES string of the molecule is Cc1cnn(CCC(=O)Nc2cc(NC(=O)C(C)(C)C)ccc2C)c1. The van der Waals surface area contributed by atoms with Crippen molar-refractivity contribution in [2.24, 2.45) is 5.41 Å². The Labute approximate surface area is 148 Å². The summed E-state index contributed by atoms with van der Waals surface area (Å²) in [7, 11) is 0. The summed E-state index contributed by atoms with van der Waals surface area (Å²) in [5.74, 6) is -0.154. The monoisotopic (exact) mass is 342 g/mol. The Morgan fingerprint density at radius 2 is 1.88 bits per heavy atom. The first-order chi connectivity index (χ1) is 11.6. The van der Waals surface area contributed by atoms with Crippen molar-refractivity contribution in [2.45, 2.75) is 47.6 Å². The molecule has 1 heterocycles. The van der Waals surface area contributed by atoms with Crippen LogP contribution in [-0.2, 0) is 16.1 Å². The highest BCUT2D eigenvalue weighted by atomic mass is 16.2. The molecule has 0 fully saturated rings. The lowest BCUT2D eigenvalue weighted by Gasteiger charge is -2.18. The van der Waals surface area contributed by atoms with Gasteiger partial charge in [-0.2, -0.15) is 5.10 Å². The highest BCUT2D eigenvalue weighted by Crippen LogP contribution is 2.23. The van der Waals surface area contributed by atoms with E-state index in [0.29, 0.717) is 24.3 Å². The first-order valence-electron chi connectivity index (χ1n) is 8.36. The summed E-state index contributed by atoms with van der Waals surface area (Å²) in [4.78, 5) is 24.3. The van der Waals surface area contributed by atoms with Crippen LogP contribution < -0.4 is 10.6 Å². The van der Waals surface area contributed by atoms with E-state index in [1.807, 2.05) is 52.9 Å². The van der Waals surface area contributed by atoms with Crippen LogP contribution in [-0.4, -0.2) is 21.6 Å². The molecule has 0 saturated carbocycles. The standard InChI is InChI=1S/C19H26N4O2/c1-13-11-20-23(12-13)9-8-17(24)22-16-10-15(7-6-14(16)2)21-18(25)19(3,4)5/h6-7,10-12H,8-9H2,1-5H3,(H,21,25)(H,22,24). The predicted molar refractivity (Wildman–Crippen MR) is 99.5 cm³/mol. The zero-order valence-electron chi connectivity index (χ0n) is 15.5. The van der Waals surface area contributed by atoms with Gasteiger partial charge in [0.05, 0.1) is 6.20 Å². The number of anilines is 2. The molecule has 6 nitrogen and oxygen atoms in total. The average molecular weight is 342 g/mol. The molecule has 2 amide bonds. The van der Waals surface area contributed by atoms with Gasteiger partial charge in [0.1, 0.15) is 0 Å². The van der Waals surface area contributed by atoms with Crippen molar-refractivity contribution in [1.82, 2.24) is 9.78 Å². The Kier molecular flexibility index (Phi) is 5.62. The minimum atomic E-state index is -0.476. The smallest absolute Gasteiger partial charge is 0.229 e.